The quantitative estimate of drug-likeness (QED) is 0.598. The van der Waals surface area contributed by atoms with Crippen LogP contribution in [0.15, 0.2) is 41.1 Å². The first-order valence-corrected chi connectivity index (χ1v) is 9.81. The maximum Gasteiger partial charge on any atom is 0.317 e. The molecule has 6 nitrogen and oxygen atoms in total. The molecule has 0 radical (unpaired) electrons. The normalized spacial score (nSPS) is 17.6. The monoisotopic (exact) mass is 415 g/mol. The summed E-state index contributed by atoms with van der Waals surface area (Å²) in [5, 5.41) is 11.3. The molecule has 3 N–H and O–H groups in total. The predicted octanol–water partition coefficient (Wildman–Crippen LogP) is 4.13. The van der Waals surface area contributed by atoms with Gasteiger partial charge in [0.05, 0.1) is 11.7 Å². The van der Waals surface area contributed by atoms with Gasteiger partial charge < -0.3 is 15.2 Å². The van der Waals surface area contributed by atoms with Crippen molar-refractivity contribution in [3.8, 4) is 0 Å². The second kappa shape index (κ2) is 7.53. The van der Waals surface area contributed by atoms with E-state index in [0.29, 0.717) is 6.54 Å². The standard InChI is InChI=1S/C19H22BrN5O/c20-14-4-5-16-15(11-14)13(12-22-16)6-8-21-19(26)25-10-2-1-3-18(25)17-7-9-23-24-17/h4-5,7,9,11-12,18,22H,1-3,6,8,10H2,(H,21,26)(H,23,24). The van der Waals surface area contributed by atoms with Gasteiger partial charge >= 0.3 is 6.03 Å². The van der Waals surface area contributed by atoms with Gasteiger partial charge in [0, 0.05) is 40.9 Å². The number of aromatic nitrogens is 3. The Morgan fingerprint density at radius 1 is 1.35 bits per heavy atom. The average Bonchev–Trinajstić information content (AvgIpc) is 3.32. The van der Waals surface area contributed by atoms with Crippen molar-refractivity contribution in [2.24, 2.45) is 0 Å². The van der Waals surface area contributed by atoms with Crippen LogP contribution in [0.25, 0.3) is 10.9 Å². The Bertz CT molecular complexity index is 889. The Kier molecular flexibility index (Phi) is 4.97. The number of urea groups is 1. The second-order valence-corrected chi connectivity index (χ2v) is 7.62. The van der Waals surface area contributed by atoms with Gasteiger partial charge in [-0.15, -0.1) is 0 Å². The van der Waals surface area contributed by atoms with Crippen molar-refractivity contribution in [2.45, 2.75) is 31.7 Å². The predicted molar refractivity (Wildman–Crippen MR) is 105 cm³/mol. The number of benzene rings is 1. The van der Waals surface area contributed by atoms with Gasteiger partial charge in [-0.25, -0.2) is 4.79 Å². The number of fused-ring (bicyclic) bond motifs is 1. The topological polar surface area (TPSA) is 76.8 Å². The summed E-state index contributed by atoms with van der Waals surface area (Å²) < 4.78 is 1.06. The molecule has 4 rings (SSSR count). The van der Waals surface area contributed by atoms with Gasteiger partial charge in [-0.2, -0.15) is 5.10 Å². The van der Waals surface area contributed by atoms with E-state index in [9.17, 15) is 4.79 Å². The average molecular weight is 416 g/mol. The highest BCUT2D eigenvalue weighted by Crippen LogP contribution is 2.29. The third-order valence-electron chi connectivity index (χ3n) is 5.04. The number of piperidine rings is 1. The summed E-state index contributed by atoms with van der Waals surface area (Å²) in [5.41, 5.74) is 3.34. The van der Waals surface area contributed by atoms with Crippen LogP contribution in [0.1, 0.15) is 36.6 Å². The molecule has 1 atom stereocenters. The highest BCUT2D eigenvalue weighted by Gasteiger charge is 2.28. The molecule has 0 aliphatic carbocycles. The van der Waals surface area contributed by atoms with E-state index in [0.717, 1.165) is 47.9 Å². The number of carbonyl (C=O) groups excluding carboxylic acids is 1. The molecule has 1 saturated heterocycles. The fraction of sp³-hybridized carbons (Fsp3) is 0.368. The molecule has 2 aromatic heterocycles. The van der Waals surface area contributed by atoms with E-state index in [1.165, 1.54) is 10.9 Å². The van der Waals surface area contributed by atoms with E-state index >= 15 is 0 Å². The molecule has 2 amide bonds. The Labute approximate surface area is 160 Å². The summed E-state index contributed by atoms with van der Waals surface area (Å²) in [5.74, 6) is 0. The lowest BCUT2D eigenvalue weighted by Gasteiger charge is -2.35. The number of aromatic amines is 2. The minimum absolute atomic E-state index is 0.00493. The third-order valence-corrected chi connectivity index (χ3v) is 5.54. The van der Waals surface area contributed by atoms with Crippen LogP contribution in [0.2, 0.25) is 0 Å². The minimum Gasteiger partial charge on any atom is -0.361 e. The van der Waals surface area contributed by atoms with E-state index in [1.807, 2.05) is 23.2 Å². The van der Waals surface area contributed by atoms with Crippen LogP contribution in [-0.4, -0.2) is 39.2 Å². The fourth-order valence-electron chi connectivity index (χ4n) is 3.71. The molecule has 3 aromatic rings. The third kappa shape index (κ3) is 3.49. The zero-order valence-corrected chi connectivity index (χ0v) is 16.1. The first-order chi connectivity index (χ1) is 12.7. The van der Waals surface area contributed by atoms with Crippen molar-refractivity contribution in [3.05, 3.63) is 52.4 Å². The number of carbonyl (C=O) groups is 1. The molecular weight excluding hydrogens is 394 g/mol. The van der Waals surface area contributed by atoms with Gasteiger partial charge in [0.2, 0.25) is 0 Å². The number of rotatable bonds is 4. The molecule has 1 fully saturated rings. The number of halogens is 1. The van der Waals surface area contributed by atoms with Crippen LogP contribution in [0.5, 0.6) is 0 Å². The number of nitrogens with one attached hydrogen (secondary N) is 3. The molecule has 1 aliphatic rings. The first kappa shape index (κ1) is 17.1. The highest BCUT2D eigenvalue weighted by molar-refractivity contribution is 9.10. The van der Waals surface area contributed by atoms with E-state index in [1.54, 1.807) is 6.20 Å². The lowest BCUT2D eigenvalue weighted by molar-refractivity contribution is 0.150. The van der Waals surface area contributed by atoms with Gasteiger partial charge in [0.15, 0.2) is 0 Å². The highest BCUT2D eigenvalue weighted by atomic mass is 79.9. The summed E-state index contributed by atoms with van der Waals surface area (Å²) in [4.78, 5) is 17.9. The molecule has 0 bridgehead atoms. The Morgan fingerprint density at radius 2 is 2.27 bits per heavy atom. The number of hydrogen-bond acceptors (Lipinski definition) is 2. The number of nitrogens with zero attached hydrogens (tertiary/aromatic N) is 2. The smallest absolute Gasteiger partial charge is 0.317 e. The molecule has 1 aromatic carbocycles. The maximum atomic E-state index is 12.7. The molecule has 3 heterocycles. The summed E-state index contributed by atoms with van der Waals surface area (Å²) >= 11 is 3.52. The van der Waals surface area contributed by atoms with Crippen LogP contribution >= 0.6 is 15.9 Å². The minimum atomic E-state index is 0.00493. The lowest BCUT2D eigenvalue weighted by atomic mass is 10.00. The van der Waals surface area contributed by atoms with Crippen molar-refractivity contribution in [3.63, 3.8) is 0 Å². The van der Waals surface area contributed by atoms with E-state index in [-0.39, 0.29) is 12.1 Å². The first-order valence-electron chi connectivity index (χ1n) is 9.01. The van der Waals surface area contributed by atoms with E-state index in [2.05, 4.69) is 48.6 Å². The van der Waals surface area contributed by atoms with Gasteiger partial charge in [0.1, 0.15) is 0 Å². The van der Waals surface area contributed by atoms with Crippen LogP contribution in [0, 0.1) is 0 Å². The van der Waals surface area contributed by atoms with Crippen LogP contribution in [0.4, 0.5) is 4.79 Å². The lowest BCUT2D eigenvalue weighted by Crippen LogP contribution is -2.45. The Hall–Kier alpha value is -2.28. The van der Waals surface area contributed by atoms with Crippen molar-refractivity contribution in [1.29, 1.82) is 0 Å². The summed E-state index contributed by atoms with van der Waals surface area (Å²) in [6, 6.07) is 8.25. The van der Waals surface area contributed by atoms with E-state index < -0.39 is 0 Å². The number of H-pyrrole nitrogens is 2. The Balaban J connectivity index is 1.39. The number of likely N-dealkylation sites (tertiary alicyclic amines) is 1. The molecule has 136 valence electrons. The SMILES string of the molecule is O=C(NCCc1c[nH]c2ccc(Br)cc12)N1CCCCC1c1ccn[nH]1. The molecule has 0 spiro atoms. The summed E-state index contributed by atoms with van der Waals surface area (Å²) in [6.45, 7) is 1.40. The van der Waals surface area contributed by atoms with Gasteiger partial charge in [-0.05, 0) is 55.5 Å². The zero-order valence-electron chi connectivity index (χ0n) is 14.5. The molecule has 7 heteroatoms. The second-order valence-electron chi connectivity index (χ2n) is 6.70. The largest absolute Gasteiger partial charge is 0.361 e. The molecule has 1 unspecified atom stereocenters. The molecule has 1 aliphatic heterocycles. The van der Waals surface area contributed by atoms with Crippen molar-refractivity contribution in [2.75, 3.05) is 13.1 Å². The zero-order chi connectivity index (χ0) is 17.9. The molecular formula is C19H22BrN5O. The van der Waals surface area contributed by atoms with Gasteiger partial charge in [0.25, 0.3) is 0 Å². The summed E-state index contributed by atoms with van der Waals surface area (Å²) in [6.07, 6.45) is 7.73. The van der Waals surface area contributed by atoms with Crippen molar-refractivity contribution in [1.82, 2.24) is 25.4 Å². The van der Waals surface area contributed by atoms with Crippen LogP contribution in [0.3, 0.4) is 0 Å². The summed E-state index contributed by atoms with van der Waals surface area (Å²) in [7, 11) is 0. The maximum absolute atomic E-state index is 12.7. The van der Waals surface area contributed by atoms with Crippen molar-refractivity contribution >= 4 is 32.9 Å². The Morgan fingerprint density at radius 3 is 3.12 bits per heavy atom. The van der Waals surface area contributed by atoms with Crippen LogP contribution < -0.4 is 5.32 Å². The van der Waals surface area contributed by atoms with Gasteiger partial charge in [-0.1, -0.05) is 15.9 Å². The number of amides is 2. The number of hydrogen-bond donors (Lipinski definition) is 3. The van der Waals surface area contributed by atoms with Gasteiger partial charge in [-0.3, -0.25) is 5.10 Å². The van der Waals surface area contributed by atoms with E-state index in [4.69, 9.17) is 0 Å². The fourth-order valence-corrected chi connectivity index (χ4v) is 4.07. The molecule has 0 saturated carbocycles. The van der Waals surface area contributed by atoms with Crippen LogP contribution in [-0.2, 0) is 6.42 Å². The van der Waals surface area contributed by atoms with Crippen molar-refractivity contribution < 1.29 is 4.79 Å². The molecule has 26 heavy (non-hydrogen) atoms.